The third-order valence-corrected chi connectivity index (χ3v) is 2.48. The summed E-state index contributed by atoms with van der Waals surface area (Å²) in [6.07, 6.45) is 0. The van der Waals surface area contributed by atoms with Gasteiger partial charge in [0.1, 0.15) is 0 Å². The highest BCUT2D eigenvalue weighted by Crippen LogP contribution is 2.00. The van der Waals surface area contributed by atoms with Crippen LogP contribution >= 0.6 is 0 Å². The van der Waals surface area contributed by atoms with E-state index in [-0.39, 0.29) is 0 Å². The van der Waals surface area contributed by atoms with E-state index in [9.17, 15) is 9.59 Å². The molecule has 0 saturated carbocycles. The van der Waals surface area contributed by atoms with Gasteiger partial charge in [0.25, 0.3) is 0 Å². The van der Waals surface area contributed by atoms with E-state index in [0.717, 1.165) is 13.1 Å². The SMILES string of the molecule is O=C(C(=O)N1CCNC1)N1CCNC1. The maximum atomic E-state index is 11.6. The Balaban J connectivity index is 1.92. The van der Waals surface area contributed by atoms with Crippen LogP contribution in [0, 0.1) is 0 Å². The van der Waals surface area contributed by atoms with Crippen molar-refractivity contribution < 1.29 is 9.59 Å². The van der Waals surface area contributed by atoms with Crippen molar-refractivity contribution in [1.29, 1.82) is 0 Å². The summed E-state index contributed by atoms with van der Waals surface area (Å²) in [6.45, 7) is 3.80. The van der Waals surface area contributed by atoms with Crippen LogP contribution in [0.3, 0.4) is 0 Å². The predicted molar refractivity (Wildman–Crippen MR) is 49.2 cm³/mol. The summed E-state index contributed by atoms with van der Waals surface area (Å²) < 4.78 is 0. The van der Waals surface area contributed by atoms with E-state index in [2.05, 4.69) is 10.6 Å². The van der Waals surface area contributed by atoms with Crippen molar-refractivity contribution in [2.45, 2.75) is 0 Å². The van der Waals surface area contributed by atoms with Gasteiger partial charge in [-0.05, 0) is 0 Å². The highest BCUT2D eigenvalue weighted by Gasteiger charge is 2.29. The Morgan fingerprint density at radius 3 is 1.57 bits per heavy atom. The van der Waals surface area contributed by atoms with Crippen LogP contribution in [-0.2, 0) is 9.59 Å². The Labute approximate surface area is 82.2 Å². The molecule has 0 aliphatic carbocycles. The van der Waals surface area contributed by atoms with Gasteiger partial charge in [0.2, 0.25) is 0 Å². The fourth-order valence-electron chi connectivity index (χ4n) is 1.63. The third kappa shape index (κ3) is 1.71. The summed E-state index contributed by atoms with van der Waals surface area (Å²) in [5.41, 5.74) is 0. The molecule has 0 atom stereocenters. The molecule has 2 aliphatic heterocycles. The molecule has 0 aromatic carbocycles. The summed E-state index contributed by atoms with van der Waals surface area (Å²) in [7, 11) is 0. The molecule has 2 saturated heterocycles. The molecule has 2 fully saturated rings. The van der Waals surface area contributed by atoms with Crippen LogP contribution in [0.5, 0.6) is 0 Å². The second-order valence-electron chi connectivity index (χ2n) is 3.45. The Morgan fingerprint density at radius 2 is 1.29 bits per heavy atom. The Hall–Kier alpha value is -1.14. The minimum absolute atomic E-state index is 0.390. The number of nitrogens with zero attached hydrogens (tertiary/aromatic N) is 2. The van der Waals surface area contributed by atoms with Gasteiger partial charge in [-0.2, -0.15) is 0 Å². The molecule has 0 spiro atoms. The van der Waals surface area contributed by atoms with Gasteiger partial charge in [-0.3, -0.25) is 20.2 Å². The zero-order chi connectivity index (χ0) is 9.97. The monoisotopic (exact) mass is 198 g/mol. The highest BCUT2D eigenvalue weighted by molar-refractivity contribution is 6.35. The highest BCUT2D eigenvalue weighted by atomic mass is 16.2. The van der Waals surface area contributed by atoms with Gasteiger partial charge in [-0.15, -0.1) is 0 Å². The fraction of sp³-hybridized carbons (Fsp3) is 0.750. The molecule has 6 nitrogen and oxygen atoms in total. The zero-order valence-electron chi connectivity index (χ0n) is 7.95. The average Bonchev–Trinajstić information content (AvgIpc) is 2.87. The van der Waals surface area contributed by atoms with E-state index >= 15 is 0 Å². The number of hydrogen-bond donors (Lipinski definition) is 2. The van der Waals surface area contributed by atoms with Crippen LogP contribution in [-0.4, -0.2) is 61.1 Å². The van der Waals surface area contributed by atoms with Crippen molar-refractivity contribution in [2.75, 3.05) is 39.5 Å². The lowest BCUT2D eigenvalue weighted by atomic mass is 10.4. The number of hydrogen-bond acceptors (Lipinski definition) is 4. The van der Waals surface area contributed by atoms with Crippen LogP contribution in [0.15, 0.2) is 0 Å². The molecule has 14 heavy (non-hydrogen) atoms. The molecule has 2 N–H and O–H groups in total. The van der Waals surface area contributed by atoms with E-state index in [0.29, 0.717) is 26.4 Å². The number of nitrogens with one attached hydrogen (secondary N) is 2. The maximum Gasteiger partial charge on any atom is 0.313 e. The predicted octanol–water partition coefficient (Wildman–Crippen LogP) is -2.23. The molecule has 0 bridgehead atoms. The van der Waals surface area contributed by atoms with Gasteiger partial charge in [0.05, 0.1) is 13.3 Å². The summed E-state index contributed by atoms with van der Waals surface area (Å²) >= 11 is 0. The summed E-state index contributed by atoms with van der Waals surface area (Å²) in [5.74, 6) is -0.780. The second kappa shape index (κ2) is 3.93. The number of carbonyl (C=O) groups excluding carboxylic acids is 2. The van der Waals surface area contributed by atoms with Gasteiger partial charge in [-0.25, -0.2) is 0 Å². The Morgan fingerprint density at radius 1 is 0.857 bits per heavy atom. The first-order valence-electron chi connectivity index (χ1n) is 4.78. The van der Waals surface area contributed by atoms with Crippen molar-refractivity contribution in [3.8, 4) is 0 Å². The van der Waals surface area contributed by atoms with Crippen LogP contribution in [0.1, 0.15) is 0 Å². The van der Waals surface area contributed by atoms with Gasteiger partial charge in [0, 0.05) is 26.2 Å². The molecule has 0 aromatic heterocycles. The smallest absolute Gasteiger partial charge is 0.313 e. The molecular weight excluding hydrogens is 184 g/mol. The van der Waals surface area contributed by atoms with E-state index in [4.69, 9.17) is 0 Å². The number of amides is 2. The van der Waals surface area contributed by atoms with E-state index in [1.54, 1.807) is 9.80 Å². The first-order valence-corrected chi connectivity index (χ1v) is 4.78. The largest absolute Gasteiger partial charge is 0.320 e. The molecule has 2 aliphatic rings. The summed E-state index contributed by atoms with van der Waals surface area (Å²) in [5, 5.41) is 6.03. The lowest BCUT2D eigenvalue weighted by Crippen LogP contribution is -2.44. The lowest BCUT2D eigenvalue weighted by molar-refractivity contribution is -0.150. The molecule has 6 heteroatoms. The van der Waals surface area contributed by atoms with Crippen LogP contribution in [0.2, 0.25) is 0 Å². The molecule has 2 amide bonds. The van der Waals surface area contributed by atoms with Crippen molar-refractivity contribution in [1.82, 2.24) is 20.4 Å². The minimum atomic E-state index is -0.390. The molecule has 78 valence electrons. The zero-order valence-corrected chi connectivity index (χ0v) is 7.95. The van der Waals surface area contributed by atoms with Crippen molar-refractivity contribution in [3.05, 3.63) is 0 Å². The quantitative estimate of drug-likeness (QED) is 0.432. The molecule has 0 unspecified atom stereocenters. The molecule has 0 radical (unpaired) electrons. The normalized spacial score (nSPS) is 21.7. The van der Waals surface area contributed by atoms with E-state index < -0.39 is 11.8 Å². The summed E-state index contributed by atoms with van der Waals surface area (Å²) in [4.78, 5) is 26.3. The topological polar surface area (TPSA) is 64.7 Å². The third-order valence-electron chi connectivity index (χ3n) is 2.48. The Bertz CT molecular complexity index is 218. The number of carbonyl (C=O) groups is 2. The van der Waals surface area contributed by atoms with E-state index in [1.807, 2.05) is 0 Å². The molecule has 2 rings (SSSR count). The summed E-state index contributed by atoms with van der Waals surface area (Å²) in [6, 6.07) is 0. The van der Waals surface area contributed by atoms with E-state index in [1.165, 1.54) is 0 Å². The average molecular weight is 198 g/mol. The second-order valence-corrected chi connectivity index (χ2v) is 3.45. The van der Waals surface area contributed by atoms with Crippen molar-refractivity contribution in [2.24, 2.45) is 0 Å². The van der Waals surface area contributed by atoms with Gasteiger partial charge in [0.15, 0.2) is 0 Å². The van der Waals surface area contributed by atoms with Crippen molar-refractivity contribution in [3.63, 3.8) is 0 Å². The van der Waals surface area contributed by atoms with Gasteiger partial charge >= 0.3 is 11.8 Å². The molecule has 0 aromatic rings. The fourth-order valence-corrected chi connectivity index (χ4v) is 1.63. The van der Waals surface area contributed by atoms with Crippen LogP contribution in [0.25, 0.3) is 0 Å². The first-order chi connectivity index (χ1) is 6.79. The number of rotatable bonds is 0. The molecule has 2 heterocycles. The Kier molecular flexibility index (Phi) is 2.64. The first kappa shape index (κ1) is 9.42. The lowest BCUT2D eigenvalue weighted by Gasteiger charge is -2.18. The van der Waals surface area contributed by atoms with Crippen LogP contribution < -0.4 is 10.6 Å². The minimum Gasteiger partial charge on any atom is -0.320 e. The van der Waals surface area contributed by atoms with Gasteiger partial charge < -0.3 is 9.80 Å². The van der Waals surface area contributed by atoms with Gasteiger partial charge in [-0.1, -0.05) is 0 Å². The van der Waals surface area contributed by atoms with Crippen molar-refractivity contribution >= 4 is 11.8 Å². The standard InChI is InChI=1S/C8H14N4O2/c13-7(11-3-1-9-5-11)8(14)12-4-2-10-6-12/h9-10H,1-6H2. The van der Waals surface area contributed by atoms with Crippen LogP contribution in [0.4, 0.5) is 0 Å². The maximum absolute atomic E-state index is 11.6. The molecular formula is C8H14N4O2.